The van der Waals surface area contributed by atoms with E-state index in [-0.39, 0.29) is 18.4 Å². The minimum atomic E-state index is 0. The standard InChI is InChI=1S/C10H13NO.ClH/c1-7(11)8-3-2-4-10-9(8)5-6-12-10;/h2-4,7H,5-6,11H2,1H3;1H/t7-;/m1./s1. The van der Waals surface area contributed by atoms with Gasteiger partial charge in [-0.25, -0.2) is 0 Å². The topological polar surface area (TPSA) is 35.2 Å². The van der Waals surface area contributed by atoms with Crippen LogP contribution in [0.15, 0.2) is 18.2 Å². The van der Waals surface area contributed by atoms with Crippen molar-refractivity contribution in [1.82, 2.24) is 0 Å². The Balaban J connectivity index is 0.000000845. The Morgan fingerprint density at radius 2 is 2.23 bits per heavy atom. The van der Waals surface area contributed by atoms with Gasteiger partial charge in [0.05, 0.1) is 6.61 Å². The minimum Gasteiger partial charge on any atom is -0.493 e. The second kappa shape index (κ2) is 3.99. The number of halogens is 1. The molecule has 72 valence electrons. The molecule has 2 nitrogen and oxygen atoms in total. The second-order valence-corrected chi connectivity index (χ2v) is 3.21. The van der Waals surface area contributed by atoms with Gasteiger partial charge in [0, 0.05) is 18.0 Å². The Bertz CT molecular complexity index is 299. The van der Waals surface area contributed by atoms with Crippen LogP contribution < -0.4 is 10.5 Å². The molecule has 1 heterocycles. The fourth-order valence-corrected chi connectivity index (χ4v) is 1.68. The molecule has 0 unspecified atom stereocenters. The van der Waals surface area contributed by atoms with Crippen LogP contribution in [0.2, 0.25) is 0 Å². The molecule has 0 bridgehead atoms. The molecule has 1 aliphatic heterocycles. The Morgan fingerprint density at radius 3 is 2.92 bits per heavy atom. The highest BCUT2D eigenvalue weighted by Crippen LogP contribution is 2.30. The predicted octanol–water partition coefficient (Wildman–Crippen LogP) is 2.06. The van der Waals surface area contributed by atoms with Crippen LogP contribution in [-0.2, 0) is 6.42 Å². The summed E-state index contributed by atoms with van der Waals surface area (Å²) in [4.78, 5) is 0. The maximum Gasteiger partial charge on any atom is 0.122 e. The molecule has 0 aromatic heterocycles. The summed E-state index contributed by atoms with van der Waals surface area (Å²) in [6, 6.07) is 6.21. The lowest BCUT2D eigenvalue weighted by atomic mass is 10.0. The van der Waals surface area contributed by atoms with Crippen molar-refractivity contribution in [2.75, 3.05) is 6.61 Å². The molecule has 3 heteroatoms. The van der Waals surface area contributed by atoms with Gasteiger partial charge in [0.25, 0.3) is 0 Å². The molecule has 2 rings (SSSR count). The first-order valence-electron chi connectivity index (χ1n) is 4.29. The molecule has 0 aliphatic carbocycles. The van der Waals surface area contributed by atoms with Crippen LogP contribution in [0.4, 0.5) is 0 Å². The highest BCUT2D eigenvalue weighted by Gasteiger charge is 2.16. The number of hydrogen-bond acceptors (Lipinski definition) is 2. The second-order valence-electron chi connectivity index (χ2n) is 3.21. The van der Waals surface area contributed by atoms with Crippen LogP contribution in [0, 0.1) is 0 Å². The van der Waals surface area contributed by atoms with Gasteiger partial charge in [-0.3, -0.25) is 0 Å². The highest BCUT2D eigenvalue weighted by atomic mass is 35.5. The van der Waals surface area contributed by atoms with Gasteiger partial charge in [0.15, 0.2) is 0 Å². The summed E-state index contributed by atoms with van der Waals surface area (Å²) >= 11 is 0. The van der Waals surface area contributed by atoms with E-state index in [1.165, 1.54) is 11.1 Å². The molecule has 1 aromatic rings. The third kappa shape index (κ3) is 1.79. The van der Waals surface area contributed by atoms with Crippen LogP contribution in [0.5, 0.6) is 5.75 Å². The van der Waals surface area contributed by atoms with Gasteiger partial charge in [0.2, 0.25) is 0 Å². The van der Waals surface area contributed by atoms with Crippen LogP contribution in [0.25, 0.3) is 0 Å². The zero-order valence-corrected chi connectivity index (χ0v) is 8.43. The molecular weight excluding hydrogens is 186 g/mol. The molecule has 2 N–H and O–H groups in total. The summed E-state index contributed by atoms with van der Waals surface area (Å²) in [5.41, 5.74) is 8.36. The van der Waals surface area contributed by atoms with Gasteiger partial charge in [-0.1, -0.05) is 12.1 Å². The van der Waals surface area contributed by atoms with Gasteiger partial charge in [-0.05, 0) is 18.6 Å². The number of fused-ring (bicyclic) bond motifs is 1. The maximum atomic E-state index is 5.83. The van der Waals surface area contributed by atoms with Crippen molar-refractivity contribution in [3.63, 3.8) is 0 Å². The van der Waals surface area contributed by atoms with Crippen molar-refractivity contribution in [1.29, 1.82) is 0 Å². The van der Waals surface area contributed by atoms with Gasteiger partial charge >= 0.3 is 0 Å². The SMILES string of the molecule is C[C@@H](N)c1cccc2c1CCO2.Cl. The molecule has 13 heavy (non-hydrogen) atoms. The first kappa shape index (κ1) is 10.4. The van der Waals surface area contributed by atoms with Crippen LogP contribution >= 0.6 is 12.4 Å². The summed E-state index contributed by atoms with van der Waals surface area (Å²) < 4.78 is 5.43. The molecule has 0 radical (unpaired) electrons. The predicted molar refractivity (Wildman–Crippen MR) is 55.5 cm³/mol. The van der Waals surface area contributed by atoms with E-state index in [0.717, 1.165) is 18.8 Å². The fourth-order valence-electron chi connectivity index (χ4n) is 1.68. The van der Waals surface area contributed by atoms with E-state index in [9.17, 15) is 0 Å². The van der Waals surface area contributed by atoms with E-state index >= 15 is 0 Å². The van der Waals surface area contributed by atoms with Crippen LogP contribution in [0.3, 0.4) is 0 Å². The lowest BCUT2D eigenvalue weighted by Crippen LogP contribution is -2.07. The van der Waals surface area contributed by atoms with Crippen LogP contribution in [0.1, 0.15) is 24.1 Å². The molecule has 1 aromatic carbocycles. The number of ether oxygens (including phenoxy) is 1. The third-order valence-corrected chi connectivity index (χ3v) is 2.27. The summed E-state index contributed by atoms with van der Waals surface area (Å²) in [5, 5.41) is 0. The van der Waals surface area contributed by atoms with Crippen molar-refractivity contribution < 1.29 is 4.74 Å². The number of nitrogens with two attached hydrogens (primary N) is 1. The van der Waals surface area contributed by atoms with Crippen molar-refractivity contribution in [2.24, 2.45) is 5.73 Å². The summed E-state index contributed by atoms with van der Waals surface area (Å²) in [6.45, 7) is 2.81. The number of benzene rings is 1. The smallest absolute Gasteiger partial charge is 0.122 e. The van der Waals surface area contributed by atoms with Crippen LogP contribution in [-0.4, -0.2) is 6.61 Å². The van der Waals surface area contributed by atoms with Crippen molar-refractivity contribution in [2.45, 2.75) is 19.4 Å². The van der Waals surface area contributed by atoms with E-state index in [4.69, 9.17) is 10.5 Å². The maximum absolute atomic E-state index is 5.83. The largest absolute Gasteiger partial charge is 0.493 e. The Morgan fingerprint density at radius 1 is 1.46 bits per heavy atom. The van der Waals surface area contributed by atoms with Gasteiger partial charge in [0.1, 0.15) is 5.75 Å². The lowest BCUT2D eigenvalue weighted by Gasteiger charge is -2.09. The summed E-state index contributed by atoms with van der Waals surface area (Å²) in [6.07, 6.45) is 1.01. The molecule has 1 aliphatic rings. The quantitative estimate of drug-likeness (QED) is 0.752. The lowest BCUT2D eigenvalue weighted by molar-refractivity contribution is 0.357. The summed E-state index contributed by atoms with van der Waals surface area (Å²) in [5.74, 6) is 1.02. The van der Waals surface area contributed by atoms with Gasteiger partial charge in [-0.15, -0.1) is 12.4 Å². The van der Waals surface area contributed by atoms with Crippen molar-refractivity contribution in [3.05, 3.63) is 29.3 Å². The monoisotopic (exact) mass is 199 g/mol. The first-order chi connectivity index (χ1) is 5.79. The Hall–Kier alpha value is -0.730. The van der Waals surface area contributed by atoms with E-state index in [0.29, 0.717) is 0 Å². The van der Waals surface area contributed by atoms with Crippen molar-refractivity contribution in [3.8, 4) is 5.75 Å². The molecule has 0 saturated carbocycles. The third-order valence-electron chi connectivity index (χ3n) is 2.27. The minimum absolute atomic E-state index is 0. The molecule has 0 amide bonds. The molecule has 0 fully saturated rings. The molecule has 0 spiro atoms. The van der Waals surface area contributed by atoms with Crippen molar-refractivity contribution >= 4 is 12.4 Å². The number of hydrogen-bond donors (Lipinski definition) is 1. The normalized spacial score (nSPS) is 15.5. The zero-order valence-electron chi connectivity index (χ0n) is 7.62. The summed E-state index contributed by atoms with van der Waals surface area (Å²) in [7, 11) is 0. The number of rotatable bonds is 1. The van der Waals surface area contributed by atoms with Gasteiger partial charge in [-0.2, -0.15) is 0 Å². The highest BCUT2D eigenvalue weighted by molar-refractivity contribution is 5.85. The molecule has 0 saturated heterocycles. The van der Waals surface area contributed by atoms with E-state index in [1.807, 2.05) is 19.1 Å². The Labute approximate surface area is 84.5 Å². The van der Waals surface area contributed by atoms with Gasteiger partial charge < -0.3 is 10.5 Å². The molecule has 1 atom stereocenters. The Kier molecular flexibility index (Phi) is 3.17. The van der Waals surface area contributed by atoms with E-state index < -0.39 is 0 Å². The van der Waals surface area contributed by atoms with E-state index in [2.05, 4.69) is 6.07 Å². The zero-order chi connectivity index (χ0) is 8.55. The average Bonchev–Trinajstić information content (AvgIpc) is 2.49. The first-order valence-corrected chi connectivity index (χ1v) is 4.29. The molecular formula is C10H14ClNO. The fraction of sp³-hybridized carbons (Fsp3) is 0.400. The average molecular weight is 200 g/mol. The van der Waals surface area contributed by atoms with E-state index in [1.54, 1.807) is 0 Å².